The molecule has 0 fully saturated rings. The summed E-state index contributed by atoms with van der Waals surface area (Å²) in [5.74, 6) is 1.43. The maximum absolute atomic E-state index is 5.81. The third-order valence-electron chi connectivity index (χ3n) is 2.54. The van der Waals surface area contributed by atoms with Crippen LogP contribution in [0.15, 0.2) is 41.0 Å². The van der Waals surface area contributed by atoms with Crippen molar-refractivity contribution in [1.82, 2.24) is 10.3 Å². The molecule has 1 N–H and O–H groups in total. The van der Waals surface area contributed by atoms with Gasteiger partial charge in [-0.25, -0.2) is 4.98 Å². The van der Waals surface area contributed by atoms with Crippen molar-refractivity contribution in [1.29, 1.82) is 0 Å². The zero-order chi connectivity index (χ0) is 13.0. The zero-order valence-electron chi connectivity index (χ0n) is 10.4. The van der Waals surface area contributed by atoms with E-state index in [1.54, 1.807) is 6.20 Å². The number of nitrogens with zero attached hydrogens (tertiary/aromatic N) is 1. The highest BCUT2D eigenvalue weighted by atomic mass is 79.9. The predicted molar refractivity (Wildman–Crippen MR) is 76.0 cm³/mol. The van der Waals surface area contributed by atoms with E-state index in [0.717, 1.165) is 27.9 Å². The number of rotatable bonds is 4. The molecule has 3 nitrogen and oxygen atoms in total. The Labute approximate surface area is 115 Å². The first-order valence-corrected chi connectivity index (χ1v) is 6.52. The Morgan fingerprint density at radius 3 is 2.89 bits per heavy atom. The summed E-state index contributed by atoms with van der Waals surface area (Å²) in [5, 5.41) is 3.10. The van der Waals surface area contributed by atoms with Crippen LogP contribution in [0.3, 0.4) is 0 Å². The number of aryl methyl sites for hydroxylation is 1. The van der Waals surface area contributed by atoms with E-state index in [0.29, 0.717) is 5.88 Å². The van der Waals surface area contributed by atoms with Crippen molar-refractivity contribution in [3.63, 3.8) is 0 Å². The van der Waals surface area contributed by atoms with E-state index in [2.05, 4.69) is 26.2 Å². The van der Waals surface area contributed by atoms with E-state index in [-0.39, 0.29) is 0 Å². The molecule has 0 unspecified atom stereocenters. The van der Waals surface area contributed by atoms with E-state index >= 15 is 0 Å². The van der Waals surface area contributed by atoms with Crippen LogP contribution in [-0.2, 0) is 6.54 Å². The van der Waals surface area contributed by atoms with Crippen LogP contribution in [0, 0.1) is 6.92 Å². The smallest absolute Gasteiger partial charge is 0.219 e. The van der Waals surface area contributed by atoms with Gasteiger partial charge < -0.3 is 10.1 Å². The number of hydrogen-bond acceptors (Lipinski definition) is 3. The minimum atomic E-state index is 0.615. The Balaban J connectivity index is 2.22. The maximum Gasteiger partial charge on any atom is 0.219 e. The third kappa shape index (κ3) is 3.31. The summed E-state index contributed by atoms with van der Waals surface area (Å²) < 4.78 is 6.80. The van der Waals surface area contributed by atoms with Gasteiger partial charge in [0.1, 0.15) is 5.75 Å². The van der Waals surface area contributed by atoms with Gasteiger partial charge in [0.15, 0.2) is 0 Å². The number of halogens is 1. The summed E-state index contributed by atoms with van der Waals surface area (Å²) in [6, 6.07) is 9.86. The molecule has 0 atom stereocenters. The third-order valence-corrected chi connectivity index (χ3v) is 3.04. The maximum atomic E-state index is 5.81. The van der Waals surface area contributed by atoms with Crippen LogP contribution in [0.25, 0.3) is 0 Å². The number of nitrogens with one attached hydrogen (secondary N) is 1. The SMILES string of the molecule is CNCc1ccnc(Oc2cc(Br)ccc2C)c1. The van der Waals surface area contributed by atoms with Gasteiger partial charge in [-0.1, -0.05) is 22.0 Å². The monoisotopic (exact) mass is 306 g/mol. The minimum absolute atomic E-state index is 0.615. The molecule has 0 amide bonds. The van der Waals surface area contributed by atoms with Gasteiger partial charge in [0, 0.05) is 23.3 Å². The van der Waals surface area contributed by atoms with Gasteiger partial charge in [-0.05, 0) is 43.3 Å². The number of hydrogen-bond donors (Lipinski definition) is 1. The molecule has 18 heavy (non-hydrogen) atoms. The van der Waals surface area contributed by atoms with E-state index in [1.807, 2.05) is 44.3 Å². The Hall–Kier alpha value is -1.39. The number of ether oxygens (including phenoxy) is 1. The van der Waals surface area contributed by atoms with Crippen molar-refractivity contribution in [2.75, 3.05) is 7.05 Å². The van der Waals surface area contributed by atoms with Crippen LogP contribution in [0.1, 0.15) is 11.1 Å². The Morgan fingerprint density at radius 1 is 1.28 bits per heavy atom. The fraction of sp³-hybridized carbons (Fsp3) is 0.214. The van der Waals surface area contributed by atoms with Gasteiger partial charge in [-0.15, -0.1) is 0 Å². The summed E-state index contributed by atoms with van der Waals surface area (Å²) in [6.07, 6.45) is 1.76. The summed E-state index contributed by atoms with van der Waals surface area (Å²) in [6.45, 7) is 2.82. The summed E-state index contributed by atoms with van der Waals surface area (Å²) in [5.41, 5.74) is 2.23. The van der Waals surface area contributed by atoms with Crippen LogP contribution in [0.4, 0.5) is 0 Å². The van der Waals surface area contributed by atoms with Gasteiger partial charge in [-0.2, -0.15) is 0 Å². The lowest BCUT2D eigenvalue weighted by Gasteiger charge is -2.09. The van der Waals surface area contributed by atoms with Crippen LogP contribution in [-0.4, -0.2) is 12.0 Å². The summed E-state index contributed by atoms with van der Waals surface area (Å²) >= 11 is 3.44. The molecule has 0 bridgehead atoms. The number of aromatic nitrogens is 1. The second kappa shape index (κ2) is 5.98. The first-order chi connectivity index (χ1) is 8.69. The highest BCUT2D eigenvalue weighted by Gasteiger charge is 2.04. The zero-order valence-corrected chi connectivity index (χ0v) is 12.0. The predicted octanol–water partition coefficient (Wildman–Crippen LogP) is 3.66. The van der Waals surface area contributed by atoms with Gasteiger partial charge in [0.25, 0.3) is 0 Å². The Bertz CT molecular complexity index is 543. The second-order valence-corrected chi connectivity index (χ2v) is 4.96. The first-order valence-electron chi connectivity index (χ1n) is 5.72. The van der Waals surface area contributed by atoms with Crippen molar-refractivity contribution in [2.45, 2.75) is 13.5 Å². The number of pyridine rings is 1. The lowest BCUT2D eigenvalue weighted by atomic mass is 10.2. The molecule has 0 aliphatic heterocycles. The second-order valence-electron chi connectivity index (χ2n) is 4.04. The average molecular weight is 307 g/mol. The Kier molecular flexibility index (Phi) is 4.33. The minimum Gasteiger partial charge on any atom is -0.439 e. The molecule has 0 aliphatic rings. The molecule has 0 saturated carbocycles. The molecule has 1 aromatic carbocycles. The first kappa shape index (κ1) is 13.1. The normalized spacial score (nSPS) is 10.4. The molecule has 1 aromatic heterocycles. The molecule has 0 aliphatic carbocycles. The van der Waals surface area contributed by atoms with Crippen molar-refractivity contribution in [2.24, 2.45) is 0 Å². The van der Waals surface area contributed by atoms with Crippen LogP contribution in [0.2, 0.25) is 0 Å². The molecule has 4 heteroatoms. The lowest BCUT2D eigenvalue weighted by Crippen LogP contribution is -2.05. The van der Waals surface area contributed by atoms with Crippen molar-refractivity contribution < 1.29 is 4.74 Å². The highest BCUT2D eigenvalue weighted by molar-refractivity contribution is 9.10. The van der Waals surface area contributed by atoms with Crippen molar-refractivity contribution in [3.8, 4) is 11.6 Å². The molecule has 1 heterocycles. The summed E-state index contributed by atoms with van der Waals surface area (Å²) in [7, 11) is 1.92. The standard InChI is InChI=1S/C14H15BrN2O/c1-10-3-4-12(15)8-13(10)18-14-7-11(9-16-2)5-6-17-14/h3-8,16H,9H2,1-2H3. The van der Waals surface area contributed by atoms with E-state index in [4.69, 9.17) is 4.74 Å². The molecule has 0 saturated heterocycles. The topological polar surface area (TPSA) is 34.2 Å². The molecule has 0 spiro atoms. The molecular formula is C14H15BrN2O. The molecule has 2 rings (SSSR count). The largest absolute Gasteiger partial charge is 0.439 e. The fourth-order valence-corrected chi connectivity index (χ4v) is 1.96. The summed E-state index contributed by atoms with van der Waals surface area (Å²) in [4.78, 5) is 4.22. The van der Waals surface area contributed by atoms with Crippen LogP contribution >= 0.6 is 15.9 Å². The molecule has 94 valence electrons. The van der Waals surface area contributed by atoms with Crippen LogP contribution in [0.5, 0.6) is 11.6 Å². The van der Waals surface area contributed by atoms with Gasteiger partial charge in [0.05, 0.1) is 0 Å². The molecule has 0 radical (unpaired) electrons. The van der Waals surface area contributed by atoms with Gasteiger partial charge in [-0.3, -0.25) is 0 Å². The van der Waals surface area contributed by atoms with Gasteiger partial charge >= 0.3 is 0 Å². The average Bonchev–Trinajstić information content (AvgIpc) is 2.35. The van der Waals surface area contributed by atoms with E-state index < -0.39 is 0 Å². The van der Waals surface area contributed by atoms with Crippen molar-refractivity contribution >= 4 is 15.9 Å². The van der Waals surface area contributed by atoms with Crippen LogP contribution < -0.4 is 10.1 Å². The van der Waals surface area contributed by atoms with Crippen molar-refractivity contribution in [3.05, 3.63) is 52.1 Å². The van der Waals surface area contributed by atoms with E-state index in [9.17, 15) is 0 Å². The fourth-order valence-electron chi connectivity index (χ4n) is 1.62. The highest BCUT2D eigenvalue weighted by Crippen LogP contribution is 2.27. The number of benzene rings is 1. The quantitative estimate of drug-likeness (QED) is 0.936. The molecular weight excluding hydrogens is 292 g/mol. The van der Waals surface area contributed by atoms with E-state index in [1.165, 1.54) is 0 Å². The van der Waals surface area contributed by atoms with Gasteiger partial charge in [0.2, 0.25) is 5.88 Å². The Morgan fingerprint density at radius 2 is 2.11 bits per heavy atom. The molecule has 2 aromatic rings. The lowest BCUT2D eigenvalue weighted by molar-refractivity contribution is 0.458.